The molecular weight excluding hydrogens is 497 g/mol. The number of fused-ring (bicyclic) bond motifs is 1. The zero-order chi connectivity index (χ0) is 27.4. The van der Waals surface area contributed by atoms with Gasteiger partial charge >= 0.3 is 11.9 Å². The summed E-state index contributed by atoms with van der Waals surface area (Å²) in [7, 11) is 2.36. The zero-order valence-electron chi connectivity index (χ0n) is 21.0. The van der Waals surface area contributed by atoms with Crippen LogP contribution in [0.3, 0.4) is 0 Å². The van der Waals surface area contributed by atoms with Gasteiger partial charge in [-0.2, -0.15) is 0 Å². The van der Waals surface area contributed by atoms with E-state index in [1.54, 1.807) is 0 Å². The topological polar surface area (TPSA) is 131 Å². The molecule has 0 unspecified atom stereocenters. The number of hydrogen-bond acceptors (Lipinski definition) is 7. The van der Waals surface area contributed by atoms with E-state index in [1.165, 1.54) is 61.6 Å². The Balaban J connectivity index is 1.61. The minimum Gasteiger partial charge on any atom is -0.465 e. The van der Waals surface area contributed by atoms with Gasteiger partial charge in [0.05, 0.1) is 37.8 Å². The van der Waals surface area contributed by atoms with Crippen LogP contribution in [0.15, 0.2) is 42.5 Å². The van der Waals surface area contributed by atoms with Crippen molar-refractivity contribution in [2.24, 2.45) is 0 Å². The van der Waals surface area contributed by atoms with Crippen molar-refractivity contribution in [3.63, 3.8) is 0 Å². The molecule has 3 atom stereocenters. The van der Waals surface area contributed by atoms with Gasteiger partial charge in [0.25, 0.3) is 5.91 Å². The highest BCUT2D eigenvalue weighted by Gasteiger charge is 2.46. The molecule has 200 valence electrons. The number of methoxy groups -OCH3 is 2. The van der Waals surface area contributed by atoms with Crippen LogP contribution in [0.4, 0.5) is 10.1 Å². The molecule has 0 radical (unpaired) electrons. The maximum absolute atomic E-state index is 13.6. The zero-order valence-corrected chi connectivity index (χ0v) is 21.0. The van der Waals surface area contributed by atoms with Crippen LogP contribution >= 0.6 is 0 Å². The van der Waals surface area contributed by atoms with Crippen molar-refractivity contribution >= 4 is 35.3 Å². The molecule has 0 aromatic heterocycles. The Labute approximate surface area is 218 Å². The molecule has 10 nitrogen and oxygen atoms in total. The fraction of sp³-hybridized carbons (Fsp3) is 0.370. The molecule has 11 heteroatoms. The van der Waals surface area contributed by atoms with E-state index in [2.05, 4.69) is 10.6 Å². The van der Waals surface area contributed by atoms with Crippen LogP contribution in [-0.2, 0) is 19.1 Å². The molecule has 1 saturated carbocycles. The summed E-state index contributed by atoms with van der Waals surface area (Å²) in [6, 6.07) is 7.31. The van der Waals surface area contributed by atoms with Crippen LogP contribution in [-0.4, -0.2) is 66.9 Å². The molecule has 2 fully saturated rings. The standard InChI is InChI=1S/C27H28FN3O7/c1-37-26(35)16-11-17(27(36)38-2)13-19(12-16)29-23(32)14-22-24(33)30-20-5-3-4-6-21(20)31(22)25(34)15-7-9-18(28)10-8-15/h7-13,20-22H,3-6,14H2,1-2H3,(H,29,32)(H,30,33)/t20-,21-,22+/m0/s1. The minimum absolute atomic E-state index is 0.0132. The van der Waals surface area contributed by atoms with Crippen molar-refractivity contribution in [2.45, 2.75) is 50.2 Å². The smallest absolute Gasteiger partial charge is 0.337 e. The van der Waals surface area contributed by atoms with Gasteiger partial charge in [-0.15, -0.1) is 0 Å². The van der Waals surface area contributed by atoms with E-state index in [1.807, 2.05) is 0 Å². The third kappa shape index (κ3) is 5.66. The van der Waals surface area contributed by atoms with Gasteiger partial charge in [-0.3, -0.25) is 14.4 Å². The van der Waals surface area contributed by atoms with Gasteiger partial charge < -0.3 is 25.0 Å². The molecule has 1 saturated heterocycles. The lowest BCUT2D eigenvalue weighted by Gasteiger charge is -2.48. The summed E-state index contributed by atoms with van der Waals surface area (Å²) in [5, 5.41) is 5.56. The van der Waals surface area contributed by atoms with Crippen molar-refractivity contribution in [1.82, 2.24) is 10.2 Å². The number of hydrogen-bond donors (Lipinski definition) is 2. The van der Waals surface area contributed by atoms with E-state index < -0.39 is 41.5 Å². The molecule has 4 rings (SSSR count). The average molecular weight is 526 g/mol. The first kappa shape index (κ1) is 26.8. The van der Waals surface area contributed by atoms with Crippen molar-refractivity contribution < 1.29 is 37.8 Å². The Bertz CT molecular complexity index is 1230. The van der Waals surface area contributed by atoms with Crippen molar-refractivity contribution in [1.29, 1.82) is 0 Å². The summed E-state index contributed by atoms with van der Waals surface area (Å²) < 4.78 is 22.9. The first-order chi connectivity index (χ1) is 18.2. The van der Waals surface area contributed by atoms with Crippen LogP contribution in [0.25, 0.3) is 0 Å². The SMILES string of the molecule is COC(=O)c1cc(NC(=O)C[C@@H]2C(=O)N[C@H]3CCCC[C@@H]3N2C(=O)c2ccc(F)cc2)cc(C(=O)OC)c1. The van der Waals surface area contributed by atoms with Gasteiger partial charge in [0.1, 0.15) is 11.9 Å². The van der Waals surface area contributed by atoms with E-state index in [4.69, 9.17) is 9.47 Å². The summed E-state index contributed by atoms with van der Waals surface area (Å²) in [6.07, 6.45) is 2.75. The third-order valence-corrected chi connectivity index (χ3v) is 6.82. The number of anilines is 1. The number of rotatable bonds is 6. The molecule has 1 aliphatic carbocycles. The number of nitrogens with zero attached hydrogens (tertiary/aromatic N) is 1. The van der Waals surface area contributed by atoms with Crippen LogP contribution in [0, 0.1) is 5.82 Å². The Hall–Kier alpha value is -4.28. The fourth-order valence-electron chi connectivity index (χ4n) is 5.03. The number of piperazine rings is 1. The number of halogens is 1. The lowest BCUT2D eigenvalue weighted by atomic mass is 9.84. The predicted octanol–water partition coefficient (Wildman–Crippen LogP) is 2.68. The maximum Gasteiger partial charge on any atom is 0.337 e. The lowest BCUT2D eigenvalue weighted by molar-refractivity contribution is -0.135. The molecule has 1 aliphatic heterocycles. The number of esters is 2. The van der Waals surface area contributed by atoms with E-state index in [9.17, 15) is 28.4 Å². The van der Waals surface area contributed by atoms with E-state index >= 15 is 0 Å². The van der Waals surface area contributed by atoms with Crippen LogP contribution in [0.1, 0.15) is 63.2 Å². The first-order valence-corrected chi connectivity index (χ1v) is 12.2. The van der Waals surface area contributed by atoms with Crippen LogP contribution < -0.4 is 10.6 Å². The summed E-state index contributed by atoms with van der Waals surface area (Å²) >= 11 is 0. The van der Waals surface area contributed by atoms with Gasteiger partial charge in [0.2, 0.25) is 11.8 Å². The van der Waals surface area contributed by atoms with Crippen molar-refractivity contribution in [3.8, 4) is 0 Å². The molecule has 0 spiro atoms. The largest absolute Gasteiger partial charge is 0.465 e. The second-order valence-electron chi connectivity index (χ2n) is 9.24. The highest BCUT2D eigenvalue weighted by molar-refractivity contribution is 6.03. The minimum atomic E-state index is -1.12. The van der Waals surface area contributed by atoms with Gasteiger partial charge in [-0.1, -0.05) is 12.8 Å². The molecule has 2 aromatic carbocycles. The molecule has 1 heterocycles. The Kier molecular flexibility index (Phi) is 8.04. The van der Waals surface area contributed by atoms with Crippen molar-refractivity contribution in [2.75, 3.05) is 19.5 Å². The summed E-state index contributed by atoms with van der Waals surface area (Å²) in [5.41, 5.74) is 0.351. The van der Waals surface area contributed by atoms with Gasteiger partial charge in [-0.25, -0.2) is 14.0 Å². The molecule has 0 bridgehead atoms. The van der Waals surface area contributed by atoms with Gasteiger partial charge in [0, 0.05) is 17.3 Å². The number of ether oxygens (including phenoxy) is 2. The molecular formula is C27H28FN3O7. The van der Waals surface area contributed by atoms with Crippen molar-refractivity contribution in [3.05, 3.63) is 65.0 Å². The fourth-order valence-corrected chi connectivity index (χ4v) is 5.03. The van der Waals surface area contributed by atoms with E-state index in [0.29, 0.717) is 12.8 Å². The van der Waals surface area contributed by atoms with Gasteiger partial charge in [-0.05, 0) is 55.3 Å². The Morgan fingerprint density at radius 2 is 1.55 bits per heavy atom. The average Bonchev–Trinajstić information content (AvgIpc) is 2.92. The molecule has 2 aliphatic rings. The summed E-state index contributed by atoms with van der Waals surface area (Å²) in [4.78, 5) is 65.4. The molecule has 2 aromatic rings. The number of carbonyl (C=O) groups excluding carboxylic acids is 5. The Morgan fingerprint density at radius 1 is 0.947 bits per heavy atom. The van der Waals surface area contributed by atoms with E-state index in [-0.39, 0.29) is 40.9 Å². The second kappa shape index (κ2) is 11.4. The number of nitrogens with one attached hydrogen (secondary N) is 2. The monoisotopic (exact) mass is 525 g/mol. The first-order valence-electron chi connectivity index (χ1n) is 12.2. The normalized spacial score (nSPS) is 20.6. The highest BCUT2D eigenvalue weighted by Crippen LogP contribution is 2.31. The summed E-state index contributed by atoms with van der Waals surface area (Å²) in [5.74, 6) is -3.48. The second-order valence-corrected chi connectivity index (χ2v) is 9.24. The lowest BCUT2D eigenvalue weighted by Crippen LogP contribution is -2.68. The quantitative estimate of drug-likeness (QED) is 0.555. The molecule has 38 heavy (non-hydrogen) atoms. The third-order valence-electron chi connectivity index (χ3n) is 6.82. The van der Waals surface area contributed by atoms with Gasteiger partial charge in [0.15, 0.2) is 0 Å². The predicted molar refractivity (Wildman–Crippen MR) is 133 cm³/mol. The number of carbonyl (C=O) groups is 5. The summed E-state index contributed by atoms with van der Waals surface area (Å²) in [6.45, 7) is 0. The van der Waals surface area contributed by atoms with E-state index in [0.717, 1.165) is 12.8 Å². The number of amides is 3. The highest BCUT2D eigenvalue weighted by atomic mass is 19.1. The Morgan fingerprint density at radius 3 is 2.16 bits per heavy atom. The molecule has 2 N–H and O–H groups in total. The molecule has 3 amide bonds. The maximum atomic E-state index is 13.6. The van der Waals surface area contributed by atoms with Crippen LogP contribution in [0.2, 0.25) is 0 Å². The van der Waals surface area contributed by atoms with Crippen LogP contribution in [0.5, 0.6) is 0 Å². The number of benzene rings is 2.